The summed E-state index contributed by atoms with van der Waals surface area (Å²) in [7, 11) is 0. The number of nitrogens with zero attached hydrogens (tertiary/aromatic N) is 1. The Balaban J connectivity index is 1.66. The fourth-order valence-corrected chi connectivity index (χ4v) is 2.84. The molecule has 1 aliphatic heterocycles. The normalized spacial score (nSPS) is 20.9. The van der Waals surface area contributed by atoms with Gasteiger partial charge in [-0.05, 0) is 36.2 Å². The SMILES string of the molecule is OC(CC1COCCN1Cc1cccc(F)c1)c1ccco1. The molecule has 0 saturated carbocycles. The van der Waals surface area contributed by atoms with Crippen LogP contribution in [0.3, 0.4) is 0 Å². The van der Waals surface area contributed by atoms with Gasteiger partial charge in [-0.1, -0.05) is 12.1 Å². The molecule has 1 N–H and O–H groups in total. The van der Waals surface area contributed by atoms with Gasteiger partial charge in [-0.15, -0.1) is 0 Å². The van der Waals surface area contributed by atoms with Crippen LogP contribution in [-0.4, -0.2) is 35.8 Å². The van der Waals surface area contributed by atoms with Gasteiger partial charge in [0.1, 0.15) is 17.7 Å². The van der Waals surface area contributed by atoms with Crippen molar-refractivity contribution in [3.05, 3.63) is 59.8 Å². The Kier molecular flexibility index (Phi) is 4.87. The Bertz CT molecular complexity index is 587. The molecule has 2 unspecified atom stereocenters. The van der Waals surface area contributed by atoms with Gasteiger partial charge in [0.2, 0.25) is 0 Å². The predicted molar refractivity (Wildman–Crippen MR) is 79.7 cm³/mol. The molecule has 3 rings (SSSR count). The highest BCUT2D eigenvalue weighted by Crippen LogP contribution is 2.24. The summed E-state index contributed by atoms with van der Waals surface area (Å²) in [5, 5.41) is 10.3. The maximum Gasteiger partial charge on any atom is 0.132 e. The van der Waals surface area contributed by atoms with E-state index in [1.165, 1.54) is 6.07 Å². The van der Waals surface area contributed by atoms with Gasteiger partial charge in [-0.3, -0.25) is 4.90 Å². The third-order valence-electron chi connectivity index (χ3n) is 3.99. The smallest absolute Gasteiger partial charge is 0.132 e. The number of rotatable bonds is 5. The summed E-state index contributed by atoms with van der Waals surface area (Å²) in [4.78, 5) is 2.23. The Hall–Kier alpha value is -1.69. The second-order valence-electron chi connectivity index (χ2n) is 5.60. The maximum atomic E-state index is 13.3. The number of ether oxygens (including phenoxy) is 1. The number of aliphatic hydroxyl groups is 1. The van der Waals surface area contributed by atoms with Crippen molar-refractivity contribution in [2.24, 2.45) is 0 Å². The molecular formula is C17H20FNO3. The third-order valence-corrected chi connectivity index (χ3v) is 3.99. The number of furan rings is 1. The highest BCUT2D eigenvalue weighted by molar-refractivity contribution is 5.16. The van der Waals surface area contributed by atoms with E-state index in [9.17, 15) is 9.50 Å². The molecular weight excluding hydrogens is 285 g/mol. The number of halogens is 1. The van der Waals surface area contributed by atoms with Crippen LogP contribution in [0.15, 0.2) is 47.1 Å². The van der Waals surface area contributed by atoms with Crippen molar-refractivity contribution in [1.29, 1.82) is 0 Å². The summed E-state index contributed by atoms with van der Waals surface area (Å²) in [5.41, 5.74) is 0.930. The zero-order valence-corrected chi connectivity index (χ0v) is 12.3. The summed E-state index contributed by atoms with van der Waals surface area (Å²) >= 11 is 0. The van der Waals surface area contributed by atoms with Gasteiger partial charge in [0.05, 0.1) is 19.5 Å². The minimum Gasteiger partial charge on any atom is -0.467 e. The highest BCUT2D eigenvalue weighted by atomic mass is 19.1. The lowest BCUT2D eigenvalue weighted by atomic mass is 10.0. The van der Waals surface area contributed by atoms with Crippen molar-refractivity contribution in [2.75, 3.05) is 19.8 Å². The molecule has 1 aromatic heterocycles. The summed E-state index contributed by atoms with van der Waals surface area (Å²) in [5.74, 6) is 0.342. The molecule has 0 amide bonds. The average molecular weight is 305 g/mol. The van der Waals surface area contributed by atoms with E-state index in [4.69, 9.17) is 9.15 Å². The Morgan fingerprint density at radius 3 is 3.00 bits per heavy atom. The fourth-order valence-electron chi connectivity index (χ4n) is 2.84. The molecule has 0 aliphatic carbocycles. The molecule has 2 heterocycles. The van der Waals surface area contributed by atoms with E-state index in [1.807, 2.05) is 6.07 Å². The number of benzene rings is 1. The summed E-state index contributed by atoms with van der Waals surface area (Å²) in [6.45, 7) is 2.64. The molecule has 0 spiro atoms. The predicted octanol–water partition coefficient (Wildman–Crippen LogP) is 2.74. The van der Waals surface area contributed by atoms with Crippen molar-refractivity contribution in [2.45, 2.75) is 25.1 Å². The maximum absolute atomic E-state index is 13.3. The van der Waals surface area contributed by atoms with Crippen LogP contribution in [0.2, 0.25) is 0 Å². The van der Waals surface area contributed by atoms with Crippen molar-refractivity contribution >= 4 is 0 Å². The quantitative estimate of drug-likeness (QED) is 0.922. The number of hydrogen-bond acceptors (Lipinski definition) is 4. The van der Waals surface area contributed by atoms with Crippen LogP contribution >= 0.6 is 0 Å². The van der Waals surface area contributed by atoms with E-state index in [1.54, 1.807) is 30.5 Å². The topological polar surface area (TPSA) is 45.8 Å². The summed E-state index contributed by atoms with van der Waals surface area (Å²) in [6, 6.07) is 10.2. The van der Waals surface area contributed by atoms with Crippen LogP contribution in [0.4, 0.5) is 4.39 Å². The number of aliphatic hydroxyl groups excluding tert-OH is 1. The van der Waals surface area contributed by atoms with Crippen molar-refractivity contribution in [1.82, 2.24) is 4.90 Å². The van der Waals surface area contributed by atoms with Crippen LogP contribution in [0.1, 0.15) is 23.8 Å². The van der Waals surface area contributed by atoms with E-state index < -0.39 is 6.10 Å². The molecule has 2 aromatic rings. The van der Waals surface area contributed by atoms with E-state index in [0.29, 0.717) is 31.9 Å². The van der Waals surface area contributed by atoms with Crippen LogP contribution < -0.4 is 0 Å². The zero-order chi connectivity index (χ0) is 15.4. The van der Waals surface area contributed by atoms with Gasteiger partial charge in [-0.2, -0.15) is 0 Å². The first-order valence-electron chi connectivity index (χ1n) is 7.50. The van der Waals surface area contributed by atoms with E-state index in [-0.39, 0.29) is 11.9 Å². The monoisotopic (exact) mass is 305 g/mol. The minimum atomic E-state index is -0.656. The molecule has 1 aliphatic rings. The lowest BCUT2D eigenvalue weighted by Gasteiger charge is -2.36. The number of hydrogen-bond donors (Lipinski definition) is 1. The van der Waals surface area contributed by atoms with Gasteiger partial charge in [0.25, 0.3) is 0 Å². The van der Waals surface area contributed by atoms with Crippen molar-refractivity contribution < 1.29 is 18.7 Å². The first-order chi connectivity index (χ1) is 10.7. The lowest BCUT2D eigenvalue weighted by Crippen LogP contribution is -2.45. The first kappa shape index (κ1) is 15.2. The van der Waals surface area contributed by atoms with Crippen LogP contribution in [0.5, 0.6) is 0 Å². The summed E-state index contributed by atoms with van der Waals surface area (Å²) in [6.07, 6.45) is 1.43. The zero-order valence-electron chi connectivity index (χ0n) is 12.3. The Morgan fingerprint density at radius 2 is 2.23 bits per heavy atom. The van der Waals surface area contributed by atoms with Crippen molar-refractivity contribution in [3.63, 3.8) is 0 Å². The summed E-state index contributed by atoms with van der Waals surface area (Å²) < 4.78 is 24.1. The lowest BCUT2D eigenvalue weighted by molar-refractivity contribution is -0.0323. The van der Waals surface area contributed by atoms with E-state index >= 15 is 0 Å². The Morgan fingerprint density at radius 1 is 1.32 bits per heavy atom. The molecule has 118 valence electrons. The average Bonchev–Trinajstić information content (AvgIpc) is 3.04. The molecule has 5 heteroatoms. The van der Waals surface area contributed by atoms with Gasteiger partial charge in [-0.25, -0.2) is 4.39 Å². The van der Waals surface area contributed by atoms with Gasteiger partial charge in [0, 0.05) is 19.1 Å². The molecule has 2 atom stereocenters. The molecule has 1 saturated heterocycles. The third kappa shape index (κ3) is 3.74. The molecule has 0 bridgehead atoms. The molecule has 22 heavy (non-hydrogen) atoms. The van der Waals surface area contributed by atoms with Crippen LogP contribution in [-0.2, 0) is 11.3 Å². The second kappa shape index (κ2) is 7.05. The largest absolute Gasteiger partial charge is 0.467 e. The first-order valence-corrected chi connectivity index (χ1v) is 7.50. The van der Waals surface area contributed by atoms with Crippen LogP contribution in [0, 0.1) is 5.82 Å². The minimum absolute atomic E-state index is 0.0807. The second-order valence-corrected chi connectivity index (χ2v) is 5.60. The van der Waals surface area contributed by atoms with E-state index in [0.717, 1.165) is 12.1 Å². The molecule has 1 fully saturated rings. The van der Waals surface area contributed by atoms with Gasteiger partial charge >= 0.3 is 0 Å². The molecule has 1 aromatic carbocycles. The van der Waals surface area contributed by atoms with Gasteiger partial charge in [0.15, 0.2) is 0 Å². The Labute approximate surface area is 129 Å². The standard InChI is InChI=1S/C17H20FNO3/c18-14-4-1-3-13(9-14)11-19-6-8-21-12-15(19)10-16(20)17-5-2-7-22-17/h1-5,7,9,15-16,20H,6,8,10-12H2. The van der Waals surface area contributed by atoms with Crippen molar-refractivity contribution in [3.8, 4) is 0 Å². The fraction of sp³-hybridized carbons (Fsp3) is 0.412. The molecule has 4 nitrogen and oxygen atoms in total. The van der Waals surface area contributed by atoms with Crippen LogP contribution in [0.25, 0.3) is 0 Å². The van der Waals surface area contributed by atoms with E-state index in [2.05, 4.69) is 4.90 Å². The number of morpholine rings is 1. The highest BCUT2D eigenvalue weighted by Gasteiger charge is 2.27. The van der Waals surface area contributed by atoms with Gasteiger partial charge < -0.3 is 14.3 Å². The molecule has 0 radical (unpaired) electrons.